The average molecular weight is 288 g/mol. The second-order valence-electron chi connectivity index (χ2n) is 2.91. The smallest absolute Gasteiger partial charge is 0.317 e. The minimum Gasteiger partial charge on any atom is -0.480 e. The van der Waals surface area contributed by atoms with Gasteiger partial charge in [-0.25, -0.2) is 4.98 Å². The topological polar surface area (TPSA) is 91.3 Å². The van der Waals surface area contributed by atoms with Crippen molar-refractivity contribution in [1.82, 2.24) is 10.3 Å². The van der Waals surface area contributed by atoms with Crippen LogP contribution >= 0.6 is 15.9 Å². The molecule has 0 unspecified atom stereocenters. The van der Waals surface area contributed by atoms with Gasteiger partial charge in [0.15, 0.2) is 0 Å². The van der Waals surface area contributed by atoms with Crippen LogP contribution in [-0.4, -0.2) is 35.1 Å². The zero-order valence-corrected chi connectivity index (χ0v) is 9.82. The molecule has 0 atom stereocenters. The minimum absolute atomic E-state index is 0.0654. The van der Waals surface area contributed by atoms with Gasteiger partial charge in [0, 0.05) is 10.7 Å². The number of anilines is 1. The first-order valence-electron chi connectivity index (χ1n) is 4.42. The number of aliphatic carboxylic acids is 1. The molecule has 0 fully saturated rings. The van der Waals surface area contributed by atoms with Crippen molar-refractivity contribution in [2.45, 2.75) is 0 Å². The van der Waals surface area contributed by atoms with E-state index in [0.29, 0.717) is 5.82 Å². The first-order chi connectivity index (χ1) is 7.58. The van der Waals surface area contributed by atoms with Crippen LogP contribution in [0, 0.1) is 0 Å². The zero-order valence-electron chi connectivity index (χ0n) is 8.24. The Hall–Kier alpha value is -1.47. The molecule has 0 aromatic carbocycles. The highest BCUT2D eigenvalue weighted by atomic mass is 79.9. The predicted molar refractivity (Wildman–Crippen MR) is 61.1 cm³/mol. The Kier molecular flexibility index (Phi) is 4.87. The summed E-state index contributed by atoms with van der Waals surface area (Å²) < 4.78 is 0.814. The number of carboxylic acids is 1. The summed E-state index contributed by atoms with van der Waals surface area (Å²) in [5, 5.41) is 13.3. The molecule has 1 heterocycles. The van der Waals surface area contributed by atoms with E-state index in [1.807, 2.05) is 0 Å². The summed E-state index contributed by atoms with van der Waals surface area (Å²) >= 11 is 3.22. The number of amides is 1. The number of halogens is 1. The number of nitrogens with one attached hydrogen (secondary N) is 2. The molecule has 0 saturated carbocycles. The Morgan fingerprint density at radius 1 is 1.38 bits per heavy atom. The van der Waals surface area contributed by atoms with E-state index in [0.717, 1.165) is 4.47 Å². The monoisotopic (exact) mass is 287 g/mol. The molecule has 16 heavy (non-hydrogen) atoms. The highest BCUT2D eigenvalue weighted by Gasteiger charge is 2.03. The van der Waals surface area contributed by atoms with E-state index in [1.165, 1.54) is 0 Å². The summed E-state index contributed by atoms with van der Waals surface area (Å²) in [4.78, 5) is 25.4. The summed E-state index contributed by atoms with van der Waals surface area (Å²) in [7, 11) is 0. The van der Waals surface area contributed by atoms with Gasteiger partial charge in [0.25, 0.3) is 0 Å². The maximum Gasteiger partial charge on any atom is 0.317 e. The number of hydrogen-bond acceptors (Lipinski definition) is 4. The molecule has 1 amide bonds. The van der Waals surface area contributed by atoms with Crippen LogP contribution in [0.4, 0.5) is 5.82 Å². The lowest BCUT2D eigenvalue weighted by molar-refractivity contribution is -0.135. The molecule has 1 rings (SSSR count). The molecular formula is C9H10BrN3O3. The Balaban J connectivity index is 2.34. The van der Waals surface area contributed by atoms with Gasteiger partial charge >= 0.3 is 5.97 Å². The zero-order chi connectivity index (χ0) is 12.0. The predicted octanol–water partition coefficient (Wildman–Crippen LogP) is 0.457. The Morgan fingerprint density at radius 2 is 2.12 bits per heavy atom. The van der Waals surface area contributed by atoms with Gasteiger partial charge in [-0.05, 0) is 28.1 Å². The van der Waals surface area contributed by atoms with Crippen LogP contribution in [0.15, 0.2) is 22.8 Å². The summed E-state index contributed by atoms with van der Waals surface area (Å²) in [5.74, 6) is -0.920. The van der Waals surface area contributed by atoms with Crippen molar-refractivity contribution in [3.8, 4) is 0 Å². The van der Waals surface area contributed by atoms with E-state index in [2.05, 4.69) is 31.5 Å². The normalized spacial score (nSPS) is 9.81. The molecule has 86 valence electrons. The highest BCUT2D eigenvalue weighted by Crippen LogP contribution is 2.09. The molecule has 1 aromatic rings. The summed E-state index contributed by atoms with van der Waals surface area (Å²) in [6.45, 7) is -0.314. The van der Waals surface area contributed by atoms with Crippen molar-refractivity contribution in [3.63, 3.8) is 0 Å². The SMILES string of the molecule is O=C(O)CNCC(=O)Nc1ccc(Br)cn1. The minimum atomic E-state index is -1.01. The lowest BCUT2D eigenvalue weighted by Crippen LogP contribution is -2.31. The Bertz CT molecular complexity index is 380. The first-order valence-corrected chi connectivity index (χ1v) is 5.21. The number of carbonyl (C=O) groups is 2. The van der Waals surface area contributed by atoms with E-state index in [9.17, 15) is 9.59 Å². The molecule has 0 radical (unpaired) electrons. The molecule has 0 spiro atoms. The fraction of sp³-hybridized carbons (Fsp3) is 0.222. The average Bonchev–Trinajstić information content (AvgIpc) is 2.21. The van der Waals surface area contributed by atoms with Crippen molar-refractivity contribution in [2.75, 3.05) is 18.4 Å². The van der Waals surface area contributed by atoms with Crippen molar-refractivity contribution in [2.24, 2.45) is 0 Å². The van der Waals surface area contributed by atoms with Crippen LogP contribution < -0.4 is 10.6 Å². The largest absolute Gasteiger partial charge is 0.480 e. The van der Waals surface area contributed by atoms with Gasteiger partial charge in [-0.1, -0.05) is 0 Å². The molecule has 3 N–H and O–H groups in total. The van der Waals surface area contributed by atoms with Crippen LogP contribution in [0.25, 0.3) is 0 Å². The van der Waals surface area contributed by atoms with Gasteiger partial charge < -0.3 is 10.4 Å². The standard InChI is InChI=1S/C9H10BrN3O3/c10-6-1-2-7(12-3-6)13-8(14)4-11-5-9(15)16/h1-3,11H,4-5H2,(H,15,16)(H,12,13,14). The van der Waals surface area contributed by atoms with Gasteiger partial charge in [0.2, 0.25) is 5.91 Å². The van der Waals surface area contributed by atoms with Crippen LogP contribution in [-0.2, 0) is 9.59 Å². The number of aromatic nitrogens is 1. The van der Waals surface area contributed by atoms with Gasteiger partial charge in [-0.2, -0.15) is 0 Å². The lowest BCUT2D eigenvalue weighted by atomic mass is 10.4. The van der Waals surface area contributed by atoms with E-state index in [-0.39, 0.29) is 19.0 Å². The fourth-order valence-corrected chi connectivity index (χ4v) is 1.15. The Morgan fingerprint density at radius 3 is 2.69 bits per heavy atom. The molecule has 0 aliphatic carbocycles. The lowest BCUT2D eigenvalue weighted by Gasteiger charge is -2.04. The maximum absolute atomic E-state index is 11.3. The van der Waals surface area contributed by atoms with Crippen molar-refractivity contribution in [3.05, 3.63) is 22.8 Å². The molecule has 6 nitrogen and oxygen atoms in total. The van der Waals surface area contributed by atoms with Gasteiger partial charge in [0.05, 0.1) is 13.1 Å². The van der Waals surface area contributed by atoms with Crippen LogP contribution in [0.5, 0.6) is 0 Å². The molecule has 1 aromatic heterocycles. The van der Waals surface area contributed by atoms with Crippen LogP contribution in [0.3, 0.4) is 0 Å². The molecule has 0 saturated heterocycles. The number of pyridine rings is 1. The fourth-order valence-electron chi connectivity index (χ4n) is 0.920. The second-order valence-corrected chi connectivity index (χ2v) is 3.82. The van der Waals surface area contributed by atoms with Crippen molar-refractivity contribution >= 4 is 33.6 Å². The van der Waals surface area contributed by atoms with Gasteiger partial charge in [-0.3, -0.25) is 14.9 Å². The van der Waals surface area contributed by atoms with Crippen LogP contribution in [0.2, 0.25) is 0 Å². The molecule has 7 heteroatoms. The summed E-state index contributed by atoms with van der Waals surface area (Å²) in [6, 6.07) is 3.38. The quantitative estimate of drug-likeness (QED) is 0.732. The number of carbonyl (C=O) groups excluding carboxylic acids is 1. The number of rotatable bonds is 5. The summed E-state index contributed by atoms with van der Waals surface area (Å²) in [6.07, 6.45) is 1.56. The third-order valence-corrected chi connectivity index (χ3v) is 2.03. The molecule has 0 bridgehead atoms. The number of carboxylic acid groups (broad SMARTS) is 1. The first kappa shape index (κ1) is 12.6. The molecule has 0 aliphatic heterocycles. The van der Waals surface area contributed by atoms with E-state index in [1.54, 1.807) is 18.3 Å². The molecule has 0 aliphatic rings. The Labute approximate surface area is 100 Å². The maximum atomic E-state index is 11.3. The van der Waals surface area contributed by atoms with Crippen LogP contribution in [0.1, 0.15) is 0 Å². The second kappa shape index (κ2) is 6.19. The number of hydrogen-bond donors (Lipinski definition) is 3. The van der Waals surface area contributed by atoms with E-state index < -0.39 is 5.97 Å². The third kappa shape index (κ3) is 4.85. The van der Waals surface area contributed by atoms with Gasteiger partial charge in [0.1, 0.15) is 5.82 Å². The van der Waals surface area contributed by atoms with Crippen molar-refractivity contribution < 1.29 is 14.7 Å². The molecular weight excluding hydrogens is 278 g/mol. The highest BCUT2D eigenvalue weighted by molar-refractivity contribution is 9.10. The third-order valence-electron chi connectivity index (χ3n) is 1.56. The number of nitrogens with zero attached hydrogens (tertiary/aromatic N) is 1. The van der Waals surface area contributed by atoms with E-state index >= 15 is 0 Å². The summed E-state index contributed by atoms with van der Waals surface area (Å²) in [5.41, 5.74) is 0. The van der Waals surface area contributed by atoms with Gasteiger partial charge in [-0.15, -0.1) is 0 Å². The van der Waals surface area contributed by atoms with E-state index in [4.69, 9.17) is 5.11 Å². The van der Waals surface area contributed by atoms with Crippen molar-refractivity contribution in [1.29, 1.82) is 0 Å².